The molecule has 0 atom stereocenters. The van der Waals surface area contributed by atoms with Crippen LogP contribution in [-0.4, -0.2) is 12.0 Å². The molecule has 2 rings (SSSR count). The third kappa shape index (κ3) is 3.96. The zero-order valence-electron chi connectivity index (χ0n) is 11.8. The summed E-state index contributed by atoms with van der Waals surface area (Å²) >= 11 is 0. The Morgan fingerprint density at radius 3 is 2.37 bits per heavy atom. The van der Waals surface area contributed by atoms with E-state index in [-0.39, 0.29) is 0 Å². The van der Waals surface area contributed by atoms with Gasteiger partial charge in [0.05, 0.1) is 6.04 Å². The minimum absolute atomic E-state index is 0.411. The molecule has 0 heterocycles. The second-order valence-corrected chi connectivity index (χ2v) is 5.46. The van der Waals surface area contributed by atoms with E-state index in [9.17, 15) is 0 Å². The summed E-state index contributed by atoms with van der Waals surface area (Å²) in [5.41, 5.74) is 5.00. The number of hydrogen-bond acceptors (Lipinski definition) is 2. The van der Waals surface area contributed by atoms with Crippen LogP contribution in [0.3, 0.4) is 0 Å². The molecule has 4 nitrogen and oxygen atoms in total. The summed E-state index contributed by atoms with van der Waals surface area (Å²) in [6, 6.07) is 8.81. The van der Waals surface area contributed by atoms with E-state index in [4.69, 9.17) is 5.84 Å². The highest BCUT2D eigenvalue weighted by molar-refractivity contribution is 5.93. The molecular weight excluding hydrogens is 236 g/mol. The molecule has 4 heteroatoms. The van der Waals surface area contributed by atoms with Crippen molar-refractivity contribution >= 4 is 11.6 Å². The highest BCUT2D eigenvalue weighted by Crippen LogP contribution is 2.21. The lowest BCUT2D eigenvalue weighted by molar-refractivity contribution is 0.700. The Morgan fingerprint density at radius 2 is 1.84 bits per heavy atom. The number of rotatable bonds is 3. The SMILES string of the molecule is CC(C)c1ccc(NC(=NC2CCCC2)NN)cc1. The Kier molecular flexibility index (Phi) is 4.80. The van der Waals surface area contributed by atoms with Gasteiger partial charge >= 0.3 is 0 Å². The third-order valence-corrected chi connectivity index (χ3v) is 3.61. The van der Waals surface area contributed by atoms with Gasteiger partial charge in [-0.3, -0.25) is 5.43 Å². The fraction of sp³-hybridized carbons (Fsp3) is 0.533. The largest absolute Gasteiger partial charge is 0.325 e. The number of hydrazine groups is 1. The summed E-state index contributed by atoms with van der Waals surface area (Å²) < 4.78 is 0. The van der Waals surface area contributed by atoms with Crippen LogP contribution in [-0.2, 0) is 0 Å². The van der Waals surface area contributed by atoms with Gasteiger partial charge in [-0.05, 0) is 36.5 Å². The van der Waals surface area contributed by atoms with Crippen LogP contribution in [0.5, 0.6) is 0 Å². The molecule has 4 N–H and O–H groups in total. The van der Waals surface area contributed by atoms with Crippen molar-refractivity contribution in [3.63, 3.8) is 0 Å². The van der Waals surface area contributed by atoms with Crippen LogP contribution in [0.25, 0.3) is 0 Å². The molecule has 0 unspecified atom stereocenters. The molecule has 1 aromatic carbocycles. The lowest BCUT2D eigenvalue weighted by Crippen LogP contribution is -2.37. The van der Waals surface area contributed by atoms with E-state index in [2.05, 4.69) is 53.8 Å². The monoisotopic (exact) mass is 260 g/mol. The summed E-state index contributed by atoms with van der Waals surface area (Å²) in [6.45, 7) is 4.38. The molecule has 0 spiro atoms. The van der Waals surface area contributed by atoms with E-state index in [1.165, 1.54) is 31.2 Å². The second kappa shape index (κ2) is 6.57. The molecule has 1 fully saturated rings. The van der Waals surface area contributed by atoms with Gasteiger partial charge in [-0.15, -0.1) is 0 Å². The van der Waals surface area contributed by atoms with E-state index in [1.54, 1.807) is 0 Å². The predicted molar refractivity (Wildman–Crippen MR) is 81.2 cm³/mol. The zero-order valence-corrected chi connectivity index (χ0v) is 11.8. The van der Waals surface area contributed by atoms with Gasteiger partial charge in [0.15, 0.2) is 0 Å². The van der Waals surface area contributed by atoms with Gasteiger partial charge in [0.25, 0.3) is 0 Å². The molecule has 0 bridgehead atoms. The topological polar surface area (TPSA) is 62.4 Å². The molecule has 1 aromatic rings. The van der Waals surface area contributed by atoms with Gasteiger partial charge in [-0.2, -0.15) is 0 Å². The van der Waals surface area contributed by atoms with Gasteiger partial charge in [0.2, 0.25) is 5.96 Å². The zero-order chi connectivity index (χ0) is 13.7. The van der Waals surface area contributed by atoms with E-state index >= 15 is 0 Å². The minimum Gasteiger partial charge on any atom is -0.325 e. The number of guanidine groups is 1. The maximum absolute atomic E-state index is 5.53. The number of nitrogens with two attached hydrogens (primary N) is 1. The maximum Gasteiger partial charge on any atom is 0.210 e. The Hall–Kier alpha value is -1.55. The number of benzene rings is 1. The number of nitrogens with zero attached hydrogens (tertiary/aromatic N) is 1. The molecule has 1 aliphatic rings. The first-order chi connectivity index (χ1) is 9.19. The Balaban J connectivity index is 2.01. The van der Waals surface area contributed by atoms with E-state index in [0.29, 0.717) is 17.9 Å². The van der Waals surface area contributed by atoms with Crippen molar-refractivity contribution in [3.8, 4) is 0 Å². The number of hydrogen-bond donors (Lipinski definition) is 3. The summed E-state index contributed by atoms with van der Waals surface area (Å²) in [5, 5.41) is 3.24. The van der Waals surface area contributed by atoms with E-state index in [0.717, 1.165) is 5.69 Å². The van der Waals surface area contributed by atoms with Gasteiger partial charge < -0.3 is 5.32 Å². The van der Waals surface area contributed by atoms with E-state index in [1.807, 2.05) is 0 Å². The lowest BCUT2D eigenvalue weighted by atomic mass is 10.0. The fourth-order valence-electron chi connectivity index (χ4n) is 2.41. The van der Waals surface area contributed by atoms with Gasteiger partial charge in [0, 0.05) is 5.69 Å². The molecule has 0 radical (unpaired) electrons. The molecule has 0 aromatic heterocycles. The average Bonchev–Trinajstić information content (AvgIpc) is 2.91. The first kappa shape index (κ1) is 13.9. The Morgan fingerprint density at radius 1 is 1.21 bits per heavy atom. The first-order valence-corrected chi connectivity index (χ1v) is 7.10. The smallest absolute Gasteiger partial charge is 0.210 e. The van der Waals surface area contributed by atoms with Gasteiger partial charge in [0.1, 0.15) is 0 Å². The maximum atomic E-state index is 5.53. The van der Waals surface area contributed by atoms with Crippen LogP contribution in [0.15, 0.2) is 29.3 Å². The van der Waals surface area contributed by atoms with Gasteiger partial charge in [-0.25, -0.2) is 10.8 Å². The molecule has 0 saturated heterocycles. The molecule has 19 heavy (non-hydrogen) atoms. The van der Waals surface area contributed by atoms with Crippen molar-refractivity contribution in [2.24, 2.45) is 10.8 Å². The van der Waals surface area contributed by atoms with Crippen LogP contribution < -0.4 is 16.6 Å². The Labute approximate surface area is 115 Å². The first-order valence-electron chi connectivity index (χ1n) is 7.10. The number of nitrogens with one attached hydrogen (secondary N) is 2. The van der Waals surface area contributed by atoms with Crippen molar-refractivity contribution < 1.29 is 0 Å². The van der Waals surface area contributed by atoms with Crippen molar-refractivity contribution in [2.75, 3.05) is 5.32 Å². The fourth-order valence-corrected chi connectivity index (χ4v) is 2.41. The number of aliphatic imine (C=N–C) groups is 1. The summed E-state index contributed by atoms with van der Waals surface area (Å²) in [4.78, 5) is 4.62. The summed E-state index contributed by atoms with van der Waals surface area (Å²) in [6.07, 6.45) is 4.88. The van der Waals surface area contributed by atoms with Crippen LogP contribution in [0.2, 0.25) is 0 Å². The van der Waals surface area contributed by atoms with Crippen LogP contribution in [0.1, 0.15) is 51.0 Å². The molecule has 0 amide bonds. The van der Waals surface area contributed by atoms with Crippen molar-refractivity contribution in [1.29, 1.82) is 0 Å². The molecule has 0 aliphatic heterocycles. The summed E-state index contributed by atoms with van der Waals surface area (Å²) in [7, 11) is 0. The van der Waals surface area contributed by atoms with Crippen LogP contribution in [0, 0.1) is 0 Å². The second-order valence-electron chi connectivity index (χ2n) is 5.46. The predicted octanol–water partition coefficient (Wildman–Crippen LogP) is 2.98. The molecular formula is C15H24N4. The van der Waals surface area contributed by atoms with Crippen molar-refractivity contribution in [2.45, 2.75) is 51.5 Å². The van der Waals surface area contributed by atoms with Crippen LogP contribution in [0.4, 0.5) is 5.69 Å². The normalized spacial score (nSPS) is 16.9. The van der Waals surface area contributed by atoms with Crippen LogP contribution >= 0.6 is 0 Å². The quantitative estimate of drug-likeness (QED) is 0.339. The summed E-state index contributed by atoms with van der Waals surface area (Å²) in [5.74, 6) is 6.74. The highest BCUT2D eigenvalue weighted by atomic mass is 15.3. The third-order valence-electron chi connectivity index (χ3n) is 3.61. The average molecular weight is 260 g/mol. The van der Waals surface area contributed by atoms with Gasteiger partial charge in [-0.1, -0.05) is 38.8 Å². The van der Waals surface area contributed by atoms with Crippen molar-refractivity contribution in [1.82, 2.24) is 5.43 Å². The molecule has 1 aliphatic carbocycles. The molecule has 104 valence electrons. The lowest BCUT2D eigenvalue weighted by Gasteiger charge is -2.12. The highest BCUT2D eigenvalue weighted by Gasteiger charge is 2.14. The number of anilines is 1. The molecule has 1 saturated carbocycles. The Bertz CT molecular complexity index is 416. The minimum atomic E-state index is 0.411. The van der Waals surface area contributed by atoms with Crippen molar-refractivity contribution in [3.05, 3.63) is 29.8 Å². The standard InChI is InChI=1S/C15H24N4/c1-11(2)12-7-9-14(10-8-12)18-15(19-16)17-13-5-3-4-6-13/h7-11,13H,3-6,16H2,1-2H3,(H2,17,18,19). The van der Waals surface area contributed by atoms with E-state index < -0.39 is 0 Å².